The molecule has 1 aromatic carbocycles. The van der Waals surface area contributed by atoms with Crippen molar-refractivity contribution in [2.24, 2.45) is 11.7 Å². The summed E-state index contributed by atoms with van der Waals surface area (Å²) in [6.45, 7) is 3.98. The Balaban J connectivity index is 2.18. The Labute approximate surface area is 123 Å². The van der Waals surface area contributed by atoms with Crippen LogP contribution in [-0.4, -0.2) is 31.1 Å². The van der Waals surface area contributed by atoms with E-state index < -0.39 is 0 Å². The van der Waals surface area contributed by atoms with E-state index in [1.807, 2.05) is 12.1 Å². The molecule has 0 spiro atoms. The molecule has 3 heteroatoms. The fourth-order valence-electron chi connectivity index (χ4n) is 3.67. The number of ether oxygens (including phenoxy) is 1. The topological polar surface area (TPSA) is 38.5 Å². The number of hydrogen-bond acceptors (Lipinski definition) is 3. The minimum Gasteiger partial charge on any atom is -0.496 e. The highest BCUT2D eigenvalue weighted by Gasteiger charge is 2.40. The van der Waals surface area contributed by atoms with Gasteiger partial charge in [-0.1, -0.05) is 38.0 Å². The lowest BCUT2D eigenvalue weighted by molar-refractivity contribution is 0.0274. The van der Waals surface area contributed by atoms with E-state index in [4.69, 9.17) is 10.5 Å². The molecule has 20 heavy (non-hydrogen) atoms. The normalized spacial score (nSPS) is 26.8. The maximum absolute atomic E-state index is 6.18. The number of likely N-dealkylation sites (N-methyl/N-ethyl adjacent to an activating group) is 1. The van der Waals surface area contributed by atoms with Crippen LogP contribution < -0.4 is 10.5 Å². The molecule has 0 aromatic heterocycles. The third-order valence-corrected chi connectivity index (χ3v) is 5.13. The van der Waals surface area contributed by atoms with Crippen molar-refractivity contribution in [3.8, 4) is 5.75 Å². The number of methoxy groups -OCH3 is 1. The van der Waals surface area contributed by atoms with Gasteiger partial charge in [-0.15, -0.1) is 0 Å². The van der Waals surface area contributed by atoms with E-state index in [9.17, 15) is 0 Å². The summed E-state index contributed by atoms with van der Waals surface area (Å²) >= 11 is 0. The molecule has 1 aliphatic rings. The molecule has 0 heterocycles. The van der Waals surface area contributed by atoms with Gasteiger partial charge in [0, 0.05) is 24.2 Å². The van der Waals surface area contributed by atoms with Crippen LogP contribution in [-0.2, 0) is 6.54 Å². The van der Waals surface area contributed by atoms with E-state index >= 15 is 0 Å². The van der Waals surface area contributed by atoms with Gasteiger partial charge in [-0.05, 0) is 31.9 Å². The Morgan fingerprint density at radius 3 is 2.75 bits per heavy atom. The SMILES string of the molecule is COc1ccccc1CN(C)C1(CN)CCCCC1C. The molecule has 0 amide bonds. The van der Waals surface area contributed by atoms with E-state index in [0.717, 1.165) is 18.8 Å². The van der Waals surface area contributed by atoms with Crippen molar-refractivity contribution in [3.05, 3.63) is 29.8 Å². The van der Waals surface area contributed by atoms with Crippen LogP contribution in [0.5, 0.6) is 5.75 Å². The molecule has 2 N–H and O–H groups in total. The van der Waals surface area contributed by atoms with Crippen LogP contribution in [0.1, 0.15) is 38.2 Å². The second-order valence-electron chi connectivity index (χ2n) is 6.12. The molecule has 3 nitrogen and oxygen atoms in total. The van der Waals surface area contributed by atoms with Gasteiger partial charge < -0.3 is 10.5 Å². The van der Waals surface area contributed by atoms with Crippen molar-refractivity contribution in [2.45, 2.75) is 44.7 Å². The number of nitrogens with two attached hydrogens (primary N) is 1. The minimum atomic E-state index is 0.138. The van der Waals surface area contributed by atoms with Crippen molar-refractivity contribution >= 4 is 0 Å². The van der Waals surface area contributed by atoms with Gasteiger partial charge in [-0.25, -0.2) is 0 Å². The van der Waals surface area contributed by atoms with Crippen LogP contribution in [0.15, 0.2) is 24.3 Å². The van der Waals surface area contributed by atoms with Crippen LogP contribution in [0.3, 0.4) is 0 Å². The molecule has 2 unspecified atom stereocenters. The smallest absolute Gasteiger partial charge is 0.123 e. The standard InChI is InChI=1S/C17H28N2O/c1-14-8-6-7-11-17(14,13-18)19(2)12-15-9-4-5-10-16(15)20-3/h4-5,9-10,14H,6-8,11-13,18H2,1-3H3. The minimum absolute atomic E-state index is 0.138. The Morgan fingerprint density at radius 1 is 1.35 bits per heavy atom. The van der Waals surface area contributed by atoms with Gasteiger partial charge >= 0.3 is 0 Å². The molecular formula is C17H28N2O. The predicted octanol–water partition coefficient (Wildman–Crippen LogP) is 3.03. The Hall–Kier alpha value is -1.06. The Morgan fingerprint density at radius 2 is 2.10 bits per heavy atom. The molecule has 0 aliphatic heterocycles. The van der Waals surface area contributed by atoms with Crippen LogP contribution in [0.4, 0.5) is 0 Å². The predicted molar refractivity (Wildman–Crippen MR) is 83.9 cm³/mol. The second kappa shape index (κ2) is 6.59. The number of rotatable bonds is 5. The fraction of sp³-hybridized carbons (Fsp3) is 0.647. The third-order valence-electron chi connectivity index (χ3n) is 5.13. The number of nitrogens with zero attached hydrogens (tertiary/aromatic N) is 1. The number of para-hydroxylation sites is 1. The highest BCUT2D eigenvalue weighted by Crippen LogP contribution is 2.38. The summed E-state index contributed by atoms with van der Waals surface area (Å²) in [4.78, 5) is 2.45. The lowest BCUT2D eigenvalue weighted by Gasteiger charge is -2.48. The molecule has 1 aliphatic carbocycles. The van der Waals surface area contributed by atoms with Crippen molar-refractivity contribution in [3.63, 3.8) is 0 Å². The van der Waals surface area contributed by atoms with Crippen LogP contribution >= 0.6 is 0 Å². The molecule has 1 aromatic rings. The first-order chi connectivity index (χ1) is 9.64. The summed E-state index contributed by atoms with van der Waals surface area (Å²) in [6.07, 6.45) is 5.12. The van der Waals surface area contributed by atoms with Gasteiger partial charge in [-0.2, -0.15) is 0 Å². The summed E-state index contributed by atoms with van der Waals surface area (Å²) in [7, 11) is 3.95. The van der Waals surface area contributed by atoms with Crippen LogP contribution in [0.25, 0.3) is 0 Å². The summed E-state index contributed by atoms with van der Waals surface area (Å²) < 4.78 is 5.47. The van der Waals surface area contributed by atoms with Crippen molar-refractivity contribution in [2.75, 3.05) is 20.7 Å². The van der Waals surface area contributed by atoms with Crippen molar-refractivity contribution < 1.29 is 4.74 Å². The maximum atomic E-state index is 6.18. The maximum Gasteiger partial charge on any atom is 0.123 e. The van der Waals surface area contributed by atoms with Gasteiger partial charge in [-0.3, -0.25) is 4.90 Å². The van der Waals surface area contributed by atoms with Gasteiger partial charge in [0.1, 0.15) is 5.75 Å². The van der Waals surface area contributed by atoms with Crippen molar-refractivity contribution in [1.82, 2.24) is 4.90 Å². The summed E-state index contributed by atoms with van der Waals surface area (Å²) in [5.41, 5.74) is 7.56. The van der Waals surface area contributed by atoms with E-state index in [1.54, 1.807) is 7.11 Å². The third kappa shape index (κ3) is 2.84. The average Bonchev–Trinajstić information content (AvgIpc) is 2.48. The fourth-order valence-corrected chi connectivity index (χ4v) is 3.67. The van der Waals surface area contributed by atoms with Crippen LogP contribution in [0, 0.1) is 5.92 Å². The zero-order valence-corrected chi connectivity index (χ0v) is 13.1. The van der Waals surface area contributed by atoms with Crippen LogP contribution in [0.2, 0.25) is 0 Å². The summed E-state index contributed by atoms with van der Waals surface area (Å²) in [6, 6.07) is 8.27. The molecular weight excluding hydrogens is 248 g/mol. The van der Waals surface area contributed by atoms with E-state index in [1.165, 1.54) is 31.2 Å². The first kappa shape index (κ1) is 15.3. The molecule has 0 bridgehead atoms. The Bertz CT molecular complexity index is 435. The summed E-state index contributed by atoms with van der Waals surface area (Å²) in [5.74, 6) is 1.62. The Kier molecular flexibility index (Phi) is 5.06. The zero-order chi connectivity index (χ0) is 14.6. The molecule has 1 fully saturated rings. The van der Waals surface area contributed by atoms with Gasteiger partial charge in [0.05, 0.1) is 7.11 Å². The molecule has 112 valence electrons. The second-order valence-corrected chi connectivity index (χ2v) is 6.12. The summed E-state index contributed by atoms with van der Waals surface area (Å²) in [5, 5.41) is 0. The highest BCUT2D eigenvalue weighted by atomic mass is 16.5. The molecule has 2 atom stereocenters. The first-order valence-corrected chi connectivity index (χ1v) is 7.67. The molecule has 0 radical (unpaired) electrons. The van der Waals surface area contributed by atoms with E-state index in [2.05, 4.69) is 31.0 Å². The van der Waals surface area contributed by atoms with Gasteiger partial charge in [0.15, 0.2) is 0 Å². The lowest BCUT2D eigenvalue weighted by Crippen LogP contribution is -2.57. The molecule has 1 saturated carbocycles. The van der Waals surface area contributed by atoms with E-state index in [0.29, 0.717) is 5.92 Å². The largest absolute Gasteiger partial charge is 0.496 e. The highest BCUT2D eigenvalue weighted by molar-refractivity contribution is 5.33. The number of benzene rings is 1. The zero-order valence-electron chi connectivity index (χ0n) is 13.1. The molecule has 0 saturated heterocycles. The monoisotopic (exact) mass is 276 g/mol. The van der Waals surface area contributed by atoms with Gasteiger partial charge in [0.25, 0.3) is 0 Å². The number of hydrogen-bond donors (Lipinski definition) is 1. The molecule has 2 rings (SSSR count). The lowest BCUT2D eigenvalue weighted by atomic mass is 9.72. The van der Waals surface area contributed by atoms with Gasteiger partial charge in [0.2, 0.25) is 0 Å². The quantitative estimate of drug-likeness (QED) is 0.898. The van der Waals surface area contributed by atoms with E-state index in [-0.39, 0.29) is 5.54 Å². The average molecular weight is 276 g/mol. The first-order valence-electron chi connectivity index (χ1n) is 7.67. The van der Waals surface area contributed by atoms with Crippen molar-refractivity contribution in [1.29, 1.82) is 0 Å².